The van der Waals surface area contributed by atoms with Gasteiger partial charge in [0, 0.05) is 42.3 Å². The number of hydrogen-bond donors (Lipinski definition) is 0. The SMILES string of the molecule is COc1ccc(-c2nc(-c3ccc(Cl)cc3)nc(N3CCN(C)CC3)c2C#N)cc1. The topological polar surface area (TPSA) is 65.3 Å². The number of hydrogen-bond acceptors (Lipinski definition) is 6. The van der Waals surface area contributed by atoms with Crippen molar-refractivity contribution in [3.8, 4) is 34.5 Å². The Kier molecular flexibility index (Phi) is 5.84. The second kappa shape index (κ2) is 8.70. The van der Waals surface area contributed by atoms with Crippen LogP contribution in [0.4, 0.5) is 5.82 Å². The van der Waals surface area contributed by atoms with Crippen LogP contribution in [0.2, 0.25) is 5.02 Å². The van der Waals surface area contributed by atoms with Gasteiger partial charge in [-0.25, -0.2) is 9.97 Å². The summed E-state index contributed by atoms with van der Waals surface area (Å²) in [6, 6.07) is 17.4. The number of aromatic nitrogens is 2. The largest absolute Gasteiger partial charge is 0.497 e. The Balaban J connectivity index is 1.88. The highest BCUT2D eigenvalue weighted by Gasteiger charge is 2.23. The highest BCUT2D eigenvalue weighted by molar-refractivity contribution is 6.30. The highest BCUT2D eigenvalue weighted by Crippen LogP contribution is 2.32. The number of anilines is 1. The van der Waals surface area contributed by atoms with Crippen molar-refractivity contribution in [1.29, 1.82) is 5.26 Å². The van der Waals surface area contributed by atoms with Crippen LogP contribution in [0.1, 0.15) is 5.56 Å². The number of likely N-dealkylation sites (N-methyl/N-ethyl adjacent to an activating group) is 1. The van der Waals surface area contributed by atoms with Crippen molar-refractivity contribution in [2.24, 2.45) is 0 Å². The number of nitriles is 1. The van der Waals surface area contributed by atoms with Crippen LogP contribution in [-0.4, -0.2) is 55.2 Å². The van der Waals surface area contributed by atoms with Gasteiger partial charge in [-0.15, -0.1) is 0 Å². The van der Waals surface area contributed by atoms with Gasteiger partial charge in [0.15, 0.2) is 11.6 Å². The summed E-state index contributed by atoms with van der Waals surface area (Å²) in [7, 11) is 3.73. The third kappa shape index (κ3) is 4.09. The predicted octanol–water partition coefficient (Wildman–Crippen LogP) is 4.10. The van der Waals surface area contributed by atoms with E-state index in [1.54, 1.807) is 7.11 Å². The van der Waals surface area contributed by atoms with Gasteiger partial charge in [-0.1, -0.05) is 11.6 Å². The van der Waals surface area contributed by atoms with Crippen molar-refractivity contribution in [2.75, 3.05) is 45.2 Å². The molecule has 0 N–H and O–H groups in total. The van der Waals surface area contributed by atoms with Crippen LogP contribution in [0.15, 0.2) is 48.5 Å². The molecule has 1 saturated heterocycles. The summed E-state index contributed by atoms with van der Waals surface area (Å²) in [6.45, 7) is 3.46. The zero-order valence-corrected chi connectivity index (χ0v) is 17.7. The van der Waals surface area contributed by atoms with Crippen LogP contribution in [0.3, 0.4) is 0 Å². The molecule has 2 heterocycles. The molecular formula is C23H22ClN5O. The first kappa shape index (κ1) is 20.1. The number of piperazine rings is 1. The molecule has 152 valence electrons. The molecule has 7 heteroatoms. The molecule has 0 aliphatic carbocycles. The van der Waals surface area contributed by atoms with E-state index in [1.165, 1.54) is 0 Å². The number of halogens is 1. The third-order valence-electron chi connectivity index (χ3n) is 5.27. The number of nitrogens with zero attached hydrogens (tertiary/aromatic N) is 5. The van der Waals surface area contributed by atoms with Gasteiger partial charge in [-0.3, -0.25) is 0 Å². The van der Waals surface area contributed by atoms with Crippen molar-refractivity contribution in [2.45, 2.75) is 0 Å². The first-order valence-corrected chi connectivity index (χ1v) is 10.1. The van der Waals surface area contributed by atoms with E-state index in [1.807, 2.05) is 48.5 Å². The zero-order valence-electron chi connectivity index (χ0n) is 17.0. The second-order valence-corrected chi connectivity index (χ2v) is 7.67. The molecule has 4 rings (SSSR count). The Morgan fingerprint density at radius 1 is 0.933 bits per heavy atom. The zero-order chi connectivity index (χ0) is 21.1. The summed E-state index contributed by atoms with van der Waals surface area (Å²) in [4.78, 5) is 14.0. The Bertz CT molecular complexity index is 1070. The number of benzene rings is 2. The molecule has 0 atom stereocenters. The van der Waals surface area contributed by atoms with Gasteiger partial charge in [0.05, 0.1) is 12.8 Å². The minimum absolute atomic E-state index is 0.488. The van der Waals surface area contributed by atoms with Crippen molar-refractivity contribution >= 4 is 17.4 Å². The molecule has 0 unspecified atom stereocenters. The fraction of sp³-hybridized carbons (Fsp3) is 0.261. The molecule has 1 aliphatic rings. The van der Waals surface area contributed by atoms with E-state index < -0.39 is 0 Å². The lowest BCUT2D eigenvalue weighted by Gasteiger charge is -2.34. The van der Waals surface area contributed by atoms with Crippen molar-refractivity contribution in [3.63, 3.8) is 0 Å². The first-order valence-electron chi connectivity index (χ1n) is 9.75. The fourth-order valence-electron chi connectivity index (χ4n) is 3.48. The standard InChI is InChI=1S/C23H22ClN5O/c1-28-11-13-29(14-12-28)23-20(15-25)21(16-5-9-19(30-2)10-6-16)26-22(27-23)17-3-7-18(24)8-4-17/h3-10H,11-14H2,1-2H3. The van der Waals surface area contributed by atoms with Crippen LogP contribution in [-0.2, 0) is 0 Å². The van der Waals surface area contributed by atoms with Crippen LogP contribution in [0.5, 0.6) is 5.75 Å². The molecule has 0 amide bonds. The van der Waals surface area contributed by atoms with Crippen LogP contribution in [0, 0.1) is 11.3 Å². The molecule has 1 fully saturated rings. The summed E-state index contributed by atoms with van der Waals surface area (Å²) in [5.41, 5.74) is 2.81. The first-order chi connectivity index (χ1) is 14.6. The summed E-state index contributed by atoms with van der Waals surface area (Å²) in [6.07, 6.45) is 0. The van der Waals surface area contributed by atoms with Gasteiger partial charge < -0.3 is 14.5 Å². The maximum absolute atomic E-state index is 10.0. The van der Waals surface area contributed by atoms with E-state index in [0.717, 1.165) is 43.1 Å². The maximum atomic E-state index is 10.0. The Labute approximate surface area is 181 Å². The van der Waals surface area contributed by atoms with Crippen molar-refractivity contribution < 1.29 is 4.74 Å². The quantitative estimate of drug-likeness (QED) is 0.634. The van der Waals surface area contributed by atoms with E-state index in [2.05, 4.69) is 22.9 Å². The van der Waals surface area contributed by atoms with Crippen molar-refractivity contribution in [1.82, 2.24) is 14.9 Å². The van der Waals surface area contributed by atoms with Gasteiger partial charge in [0.25, 0.3) is 0 Å². The maximum Gasteiger partial charge on any atom is 0.162 e. The lowest BCUT2D eigenvalue weighted by molar-refractivity contribution is 0.312. The van der Waals surface area contributed by atoms with Crippen molar-refractivity contribution in [3.05, 3.63) is 59.1 Å². The fourth-order valence-corrected chi connectivity index (χ4v) is 3.61. The number of methoxy groups -OCH3 is 1. The molecule has 0 saturated carbocycles. The molecule has 3 aromatic rings. The predicted molar refractivity (Wildman–Crippen MR) is 119 cm³/mol. The summed E-state index contributed by atoms with van der Waals surface area (Å²) >= 11 is 6.06. The van der Waals surface area contributed by atoms with E-state index in [4.69, 9.17) is 26.3 Å². The molecule has 0 radical (unpaired) electrons. The molecule has 30 heavy (non-hydrogen) atoms. The molecule has 1 aromatic heterocycles. The lowest BCUT2D eigenvalue weighted by Crippen LogP contribution is -2.45. The molecule has 0 spiro atoms. The van der Waals surface area contributed by atoms with Gasteiger partial charge in [-0.05, 0) is 55.6 Å². The highest BCUT2D eigenvalue weighted by atomic mass is 35.5. The van der Waals surface area contributed by atoms with Gasteiger partial charge >= 0.3 is 0 Å². The second-order valence-electron chi connectivity index (χ2n) is 7.23. The normalized spacial score (nSPS) is 14.4. The minimum atomic E-state index is 0.488. The molecule has 2 aromatic carbocycles. The average Bonchev–Trinajstić information content (AvgIpc) is 2.79. The van der Waals surface area contributed by atoms with Gasteiger partial charge in [-0.2, -0.15) is 5.26 Å². The molecule has 1 aliphatic heterocycles. The summed E-state index contributed by atoms with van der Waals surface area (Å²) < 4.78 is 5.27. The lowest BCUT2D eigenvalue weighted by atomic mass is 10.1. The van der Waals surface area contributed by atoms with Crippen LogP contribution >= 0.6 is 11.6 Å². The Hall–Kier alpha value is -3.14. The van der Waals surface area contributed by atoms with E-state index in [-0.39, 0.29) is 0 Å². The Morgan fingerprint density at radius 2 is 1.57 bits per heavy atom. The molecular weight excluding hydrogens is 398 g/mol. The monoisotopic (exact) mass is 419 g/mol. The summed E-state index contributed by atoms with van der Waals surface area (Å²) in [5, 5.41) is 10.7. The minimum Gasteiger partial charge on any atom is -0.497 e. The Morgan fingerprint density at radius 3 is 2.17 bits per heavy atom. The summed E-state index contributed by atoms with van der Waals surface area (Å²) in [5.74, 6) is 2.00. The average molecular weight is 420 g/mol. The third-order valence-corrected chi connectivity index (χ3v) is 5.52. The molecule has 0 bridgehead atoms. The van der Waals surface area contributed by atoms with E-state index in [9.17, 15) is 5.26 Å². The van der Waals surface area contributed by atoms with Crippen LogP contribution < -0.4 is 9.64 Å². The number of ether oxygens (including phenoxy) is 1. The van der Waals surface area contributed by atoms with Crippen LogP contribution in [0.25, 0.3) is 22.6 Å². The number of rotatable bonds is 4. The van der Waals surface area contributed by atoms with E-state index in [0.29, 0.717) is 27.9 Å². The van der Waals surface area contributed by atoms with Gasteiger partial charge in [0.2, 0.25) is 0 Å². The molecule has 6 nitrogen and oxygen atoms in total. The van der Waals surface area contributed by atoms with E-state index >= 15 is 0 Å². The smallest absolute Gasteiger partial charge is 0.162 e. The van der Waals surface area contributed by atoms with Gasteiger partial charge in [0.1, 0.15) is 17.4 Å².